The second-order valence-electron chi connectivity index (χ2n) is 6.08. The largest absolute Gasteiger partial charge is 0.424 e. The summed E-state index contributed by atoms with van der Waals surface area (Å²) in [5.41, 5.74) is 3.81. The summed E-state index contributed by atoms with van der Waals surface area (Å²) in [6, 6.07) is 8.56. The fourth-order valence-electron chi connectivity index (χ4n) is 2.87. The molecule has 1 aromatic heterocycles. The molecule has 0 aliphatic carbocycles. The first-order valence-corrected chi connectivity index (χ1v) is 9.40. The van der Waals surface area contributed by atoms with Gasteiger partial charge in [-0.1, -0.05) is 32.1 Å². The van der Waals surface area contributed by atoms with E-state index in [1.54, 1.807) is 0 Å². The highest BCUT2D eigenvalue weighted by Gasteiger charge is 2.03. The van der Waals surface area contributed by atoms with Gasteiger partial charge in [0.2, 0.25) is 0 Å². The molecule has 0 saturated carbocycles. The van der Waals surface area contributed by atoms with Crippen molar-refractivity contribution in [1.82, 2.24) is 4.57 Å². The van der Waals surface area contributed by atoms with Gasteiger partial charge in [-0.15, -0.1) is 0 Å². The van der Waals surface area contributed by atoms with Gasteiger partial charge >= 0.3 is 0 Å². The average molecular weight is 341 g/mol. The Labute approximate surface area is 150 Å². The van der Waals surface area contributed by atoms with Crippen LogP contribution in [-0.4, -0.2) is 24.2 Å². The molecule has 0 aliphatic rings. The molecule has 136 valence electrons. The van der Waals surface area contributed by atoms with Crippen molar-refractivity contribution in [2.75, 3.05) is 24.5 Å². The highest BCUT2D eigenvalue weighted by molar-refractivity contribution is 5.55. The lowest BCUT2D eigenvalue weighted by Crippen LogP contribution is -2.30. The summed E-state index contributed by atoms with van der Waals surface area (Å²) < 4.78 is 8.01. The topological polar surface area (TPSA) is 33.7 Å². The summed E-state index contributed by atoms with van der Waals surface area (Å²) in [5.74, 6) is 0. The third kappa shape index (κ3) is 4.65. The maximum Gasteiger partial charge on any atom is 0.297 e. The van der Waals surface area contributed by atoms with Crippen molar-refractivity contribution < 1.29 is 4.42 Å². The van der Waals surface area contributed by atoms with Crippen LogP contribution in [0, 0.1) is 0 Å². The highest BCUT2D eigenvalue weighted by atomic mass is 16.3. The molecule has 0 unspecified atom stereocenters. The number of oxazole rings is 1. The quantitative estimate of drug-likeness (QED) is 0.692. The second-order valence-corrected chi connectivity index (χ2v) is 6.08. The zero-order chi connectivity index (χ0) is 18.2. The van der Waals surface area contributed by atoms with Crippen molar-refractivity contribution >= 4 is 18.3 Å². The van der Waals surface area contributed by atoms with Crippen LogP contribution < -0.4 is 21.3 Å². The number of benzene rings is 1. The van der Waals surface area contributed by atoms with Gasteiger partial charge in [0.05, 0.1) is 5.35 Å². The van der Waals surface area contributed by atoms with Crippen LogP contribution in [0.25, 0.3) is 12.7 Å². The van der Waals surface area contributed by atoms with Gasteiger partial charge in [0, 0.05) is 31.9 Å². The van der Waals surface area contributed by atoms with Crippen molar-refractivity contribution in [2.45, 2.75) is 47.1 Å². The Morgan fingerprint density at radius 1 is 1.12 bits per heavy atom. The molecule has 0 fully saturated rings. The van der Waals surface area contributed by atoms with Crippen LogP contribution in [0.1, 0.15) is 46.1 Å². The molecule has 25 heavy (non-hydrogen) atoms. The Kier molecular flexibility index (Phi) is 7.11. The fourth-order valence-corrected chi connectivity index (χ4v) is 2.87. The number of anilines is 1. The number of nitrogens with zero attached hydrogens (tertiary/aromatic N) is 3. The zero-order valence-corrected chi connectivity index (χ0v) is 16.1. The number of aromatic nitrogens is 1. The molecule has 0 aliphatic heterocycles. The van der Waals surface area contributed by atoms with Gasteiger partial charge in [-0.05, 0) is 51.0 Å². The van der Waals surface area contributed by atoms with E-state index in [4.69, 9.17) is 4.42 Å². The van der Waals surface area contributed by atoms with Crippen molar-refractivity contribution in [2.24, 2.45) is 4.99 Å². The molecule has 4 heteroatoms. The Hall–Kier alpha value is -2.23. The van der Waals surface area contributed by atoms with Crippen molar-refractivity contribution in [3.8, 4) is 0 Å². The van der Waals surface area contributed by atoms with E-state index in [9.17, 15) is 0 Å². The molecule has 0 saturated heterocycles. The van der Waals surface area contributed by atoms with Gasteiger partial charge in [0.15, 0.2) is 5.42 Å². The van der Waals surface area contributed by atoms with E-state index in [2.05, 4.69) is 68.4 Å². The Morgan fingerprint density at radius 2 is 1.80 bits per heavy atom. The molecule has 0 amide bonds. The standard InChI is InChI=1S/C21H31N3O/c1-6-10-15-22-21-24(9-4)17(5)20(25-21)16-18-11-13-19(14-12-18)23(7-2)8-3/h11-14,16H,5-10,15H2,1-4H3/b20-16+,22-21?. The molecule has 0 radical (unpaired) electrons. The summed E-state index contributed by atoms with van der Waals surface area (Å²) >= 11 is 0. The third-order valence-electron chi connectivity index (χ3n) is 4.44. The van der Waals surface area contributed by atoms with Gasteiger partial charge in [-0.3, -0.25) is 4.57 Å². The average Bonchev–Trinajstić information content (AvgIpc) is 2.92. The van der Waals surface area contributed by atoms with Crippen molar-refractivity contribution in [3.63, 3.8) is 0 Å². The summed E-state index contributed by atoms with van der Waals surface area (Å²) in [7, 11) is 0. The lowest BCUT2D eigenvalue weighted by molar-refractivity contribution is 0.437. The van der Waals surface area contributed by atoms with Gasteiger partial charge in [-0.2, -0.15) is 0 Å². The molecule has 4 nitrogen and oxygen atoms in total. The van der Waals surface area contributed by atoms with Gasteiger partial charge in [0.25, 0.3) is 5.68 Å². The highest BCUT2D eigenvalue weighted by Crippen LogP contribution is 2.14. The Morgan fingerprint density at radius 3 is 2.36 bits per heavy atom. The number of hydrogen-bond donors (Lipinski definition) is 0. The van der Waals surface area contributed by atoms with E-state index in [1.807, 2.05) is 10.6 Å². The molecule has 1 heterocycles. The van der Waals surface area contributed by atoms with E-state index < -0.39 is 0 Å². The third-order valence-corrected chi connectivity index (χ3v) is 4.44. The Balaban J connectivity index is 2.38. The summed E-state index contributed by atoms with van der Waals surface area (Å²) in [6.07, 6.45) is 4.24. The first-order chi connectivity index (χ1) is 12.1. The summed E-state index contributed by atoms with van der Waals surface area (Å²) in [4.78, 5) is 6.91. The van der Waals surface area contributed by atoms with E-state index in [0.717, 1.165) is 55.3 Å². The van der Waals surface area contributed by atoms with E-state index in [1.165, 1.54) is 5.69 Å². The lowest BCUT2D eigenvalue weighted by Gasteiger charge is -2.20. The maximum absolute atomic E-state index is 5.97. The lowest BCUT2D eigenvalue weighted by atomic mass is 10.2. The predicted molar refractivity (Wildman–Crippen MR) is 106 cm³/mol. The van der Waals surface area contributed by atoms with Crippen LogP contribution >= 0.6 is 0 Å². The monoisotopic (exact) mass is 341 g/mol. The minimum atomic E-state index is 0.673. The van der Waals surface area contributed by atoms with Crippen molar-refractivity contribution in [1.29, 1.82) is 0 Å². The zero-order valence-electron chi connectivity index (χ0n) is 16.1. The molecule has 0 N–H and O–H groups in total. The van der Waals surface area contributed by atoms with Crippen molar-refractivity contribution in [3.05, 3.63) is 46.3 Å². The van der Waals surface area contributed by atoms with Gasteiger partial charge in [0.1, 0.15) is 0 Å². The molecule has 0 atom stereocenters. The van der Waals surface area contributed by atoms with E-state index in [0.29, 0.717) is 5.68 Å². The summed E-state index contributed by atoms with van der Waals surface area (Å²) in [6.45, 7) is 16.4. The molecule has 1 aromatic carbocycles. The van der Waals surface area contributed by atoms with Crippen LogP contribution in [0.15, 0.2) is 33.7 Å². The predicted octanol–water partition coefficient (Wildman–Crippen LogP) is 2.89. The molecule has 2 rings (SSSR count). The van der Waals surface area contributed by atoms with E-state index in [-0.39, 0.29) is 0 Å². The van der Waals surface area contributed by atoms with Crippen LogP contribution in [0.3, 0.4) is 0 Å². The Bertz CT molecular complexity index is 824. The second kappa shape index (κ2) is 9.30. The minimum Gasteiger partial charge on any atom is -0.424 e. The van der Waals surface area contributed by atoms with Crippen LogP contribution in [0.4, 0.5) is 5.69 Å². The molecule has 0 spiro atoms. The minimum absolute atomic E-state index is 0.673. The number of unbranched alkanes of at least 4 members (excludes halogenated alkanes) is 1. The first kappa shape index (κ1) is 19.1. The molecule has 2 aromatic rings. The molecular formula is C21H31N3O. The van der Waals surface area contributed by atoms with Crippen LogP contribution in [0.2, 0.25) is 0 Å². The number of rotatable bonds is 8. The fraction of sp³-hybridized carbons (Fsp3) is 0.476. The smallest absolute Gasteiger partial charge is 0.297 e. The van der Waals surface area contributed by atoms with Gasteiger partial charge < -0.3 is 9.32 Å². The van der Waals surface area contributed by atoms with E-state index >= 15 is 0 Å². The SMILES string of the molecule is C=c1/c(=C\c2ccc(N(CC)CC)cc2)oc(=NCCCC)n1CC. The first-order valence-electron chi connectivity index (χ1n) is 9.40. The molecule has 0 bridgehead atoms. The van der Waals surface area contributed by atoms with Gasteiger partial charge in [-0.25, -0.2) is 4.99 Å². The molecular weight excluding hydrogens is 310 g/mol. The summed E-state index contributed by atoms with van der Waals surface area (Å²) in [5, 5.41) is 0.880. The van der Waals surface area contributed by atoms with Crippen LogP contribution in [0.5, 0.6) is 0 Å². The normalized spacial score (nSPS) is 12.8. The van der Waals surface area contributed by atoms with Crippen LogP contribution in [-0.2, 0) is 6.54 Å². The maximum atomic E-state index is 5.97. The number of hydrogen-bond acceptors (Lipinski definition) is 3.